The molecule has 5 nitrogen and oxygen atoms in total. The van der Waals surface area contributed by atoms with Crippen molar-refractivity contribution in [2.45, 2.75) is 11.7 Å². The van der Waals surface area contributed by atoms with Gasteiger partial charge >= 0.3 is 0 Å². The number of halogens is 2. The second kappa shape index (κ2) is 8.46. The topological polar surface area (TPSA) is 73.2 Å². The Kier molecular flexibility index (Phi) is 6.02. The zero-order valence-electron chi connectivity index (χ0n) is 14.8. The molecule has 1 saturated heterocycles. The molecule has 0 aromatic heterocycles. The predicted molar refractivity (Wildman–Crippen MR) is 107 cm³/mol. The maximum atomic E-state index is 13.3. The molecule has 1 aliphatic rings. The minimum atomic E-state index is -0.594. The zero-order chi connectivity index (χ0) is 20.3. The van der Waals surface area contributed by atoms with E-state index >= 15 is 0 Å². The van der Waals surface area contributed by atoms with Gasteiger partial charge in [-0.1, -0.05) is 41.6 Å². The second-order valence-electron chi connectivity index (χ2n) is 5.92. The summed E-state index contributed by atoms with van der Waals surface area (Å²) in [7, 11) is 1.41. The monoisotopic (exact) mass is 415 g/mol. The molecule has 1 aliphatic heterocycles. The lowest BCUT2D eigenvalue weighted by Gasteiger charge is -2.18. The van der Waals surface area contributed by atoms with Crippen LogP contribution in [0, 0.1) is 17.1 Å². The van der Waals surface area contributed by atoms with Crippen molar-refractivity contribution < 1.29 is 14.0 Å². The fourth-order valence-electron chi connectivity index (χ4n) is 2.80. The Morgan fingerprint density at radius 2 is 1.96 bits per heavy atom. The van der Waals surface area contributed by atoms with Gasteiger partial charge in [0.05, 0.1) is 5.25 Å². The number of rotatable bonds is 4. The van der Waals surface area contributed by atoms with Crippen molar-refractivity contribution in [3.63, 3.8) is 0 Å². The molecular weight excluding hydrogens is 401 g/mol. The van der Waals surface area contributed by atoms with E-state index in [1.165, 1.54) is 36.2 Å². The third kappa shape index (κ3) is 3.88. The first-order valence-corrected chi connectivity index (χ1v) is 9.58. The summed E-state index contributed by atoms with van der Waals surface area (Å²) < 4.78 is 13.3. The Morgan fingerprint density at radius 3 is 2.57 bits per heavy atom. The van der Waals surface area contributed by atoms with Crippen molar-refractivity contribution in [1.29, 1.82) is 5.26 Å². The Labute approximate surface area is 170 Å². The van der Waals surface area contributed by atoms with Gasteiger partial charge in [0.25, 0.3) is 5.91 Å². The molecule has 1 heterocycles. The molecule has 1 fully saturated rings. The van der Waals surface area contributed by atoms with Crippen LogP contribution < -0.4 is 10.2 Å². The summed E-state index contributed by atoms with van der Waals surface area (Å²) >= 11 is 7.34. The fourth-order valence-corrected chi connectivity index (χ4v) is 4.31. The van der Waals surface area contributed by atoms with Crippen molar-refractivity contribution >= 4 is 40.9 Å². The number of carbonyl (C=O) groups excluding carboxylic acids is 2. The van der Waals surface area contributed by atoms with E-state index in [2.05, 4.69) is 5.32 Å². The van der Waals surface area contributed by atoms with Crippen molar-refractivity contribution in [2.75, 3.05) is 11.9 Å². The Morgan fingerprint density at radius 1 is 1.29 bits per heavy atom. The number of carbonyl (C=O) groups is 2. The van der Waals surface area contributed by atoms with Crippen molar-refractivity contribution in [3.8, 4) is 6.07 Å². The van der Waals surface area contributed by atoms with Gasteiger partial charge in [-0.3, -0.25) is 14.5 Å². The van der Waals surface area contributed by atoms with Gasteiger partial charge in [-0.05, 0) is 42.3 Å². The van der Waals surface area contributed by atoms with Gasteiger partial charge in [0.15, 0.2) is 0 Å². The Bertz CT molecular complexity index is 1000. The minimum Gasteiger partial charge on any atom is -0.354 e. The molecule has 0 bridgehead atoms. The highest BCUT2D eigenvalue weighted by atomic mass is 35.5. The number of thioether (sulfide) groups is 1. The van der Waals surface area contributed by atoms with E-state index in [-0.39, 0.29) is 16.5 Å². The van der Waals surface area contributed by atoms with E-state index in [0.29, 0.717) is 17.1 Å². The fraction of sp³-hybridized carbons (Fsp3) is 0.150. The standard InChI is InChI=1S/C20H15ClFN3O2S/c1-24-18(26)15(11-23)20-25(14-8-6-13(22)7-9-14)19(27)17(28-20)10-12-4-2-3-5-16(12)21/h2-9,17H,10H2,1H3,(H,24,26)/b20-15-. The highest BCUT2D eigenvalue weighted by Gasteiger charge is 2.40. The van der Waals surface area contributed by atoms with Crippen molar-refractivity contribution in [2.24, 2.45) is 0 Å². The van der Waals surface area contributed by atoms with Crippen molar-refractivity contribution in [1.82, 2.24) is 5.32 Å². The molecule has 3 rings (SSSR count). The number of hydrogen-bond donors (Lipinski definition) is 1. The molecule has 0 spiro atoms. The molecule has 0 aliphatic carbocycles. The first-order chi connectivity index (χ1) is 13.5. The Hall–Kier alpha value is -2.82. The van der Waals surface area contributed by atoms with Crippen LogP contribution in [-0.4, -0.2) is 24.1 Å². The van der Waals surface area contributed by atoms with E-state index in [4.69, 9.17) is 11.6 Å². The lowest BCUT2D eigenvalue weighted by atomic mass is 10.1. The maximum absolute atomic E-state index is 13.3. The van der Waals surface area contributed by atoms with Crippen LogP contribution >= 0.6 is 23.4 Å². The van der Waals surface area contributed by atoms with Gasteiger partial charge in [-0.2, -0.15) is 5.26 Å². The normalized spacial score (nSPS) is 18.0. The zero-order valence-corrected chi connectivity index (χ0v) is 16.4. The highest BCUT2D eigenvalue weighted by molar-refractivity contribution is 8.05. The maximum Gasteiger partial charge on any atom is 0.264 e. The second-order valence-corrected chi connectivity index (χ2v) is 7.52. The average Bonchev–Trinajstić information content (AvgIpc) is 3.01. The largest absolute Gasteiger partial charge is 0.354 e. The van der Waals surface area contributed by atoms with Gasteiger partial charge in [0.1, 0.15) is 22.5 Å². The van der Waals surface area contributed by atoms with E-state index in [1.807, 2.05) is 18.2 Å². The molecule has 1 N–H and O–H groups in total. The van der Waals surface area contributed by atoms with Gasteiger partial charge in [-0.25, -0.2) is 4.39 Å². The SMILES string of the molecule is CNC(=O)/C(C#N)=C1\SC(Cc2ccccc2Cl)C(=O)N1c1ccc(F)cc1. The minimum absolute atomic E-state index is 0.174. The van der Waals surface area contributed by atoms with Gasteiger partial charge in [0, 0.05) is 17.8 Å². The van der Waals surface area contributed by atoms with Crippen LogP contribution in [0.2, 0.25) is 5.02 Å². The van der Waals surface area contributed by atoms with Gasteiger partial charge in [-0.15, -0.1) is 0 Å². The first-order valence-electron chi connectivity index (χ1n) is 8.32. The number of nitrogens with one attached hydrogen (secondary N) is 1. The summed E-state index contributed by atoms with van der Waals surface area (Å²) in [6.07, 6.45) is 0.330. The lowest BCUT2D eigenvalue weighted by molar-refractivity contribution is -0.117. The number of nitrogens with zero attached hydrogens (tertiary/aromatic N) is 2. The van der Waals surface area contributed by atoms with E-state index in [9.17, 15) is 19.2 Å². The highest BCUT2D eigenvalue weighted by Crippen LogP contribution is 2.42. The molecule has 1 unspecified atom stereocenters. The quantitative estimate of drug-likeness (QED) is 0.611. The van der Waals surface area contributed by atoms with Gasteiger partial charge < -0.3 is 5.32 Å². The molecule has 2 aromatic rings. The number of benzene rings is 2. The summed E-state index contributed by atoms with van der Waals surface area (Å²) in [6, 6.07) is 14.4. The molecule has 2 aromatic carbocycles. The summed E-state index contributed by atoms with van der Waals surface area (Å²) in [5, 5.41) is 12.1. The van der Waals surface area contributed by atoms with Crippen LogP contribution in [0.25, 0.3) is 0 Å². The summed E-state index contributed by atoms with van der Waals surface area (Å²) in [4.78, 5) is 26.6. The number of nitriles is 1. The third-order valence-electron chi connectivity index (χ3n) is 4.18. The van der Waals surface area contributed by atoms with Crippen LogP contribution in [0.1, 0.15) is 5.56 Å². The Balaban J connectivity index is 2.06. The molecule has 142 valence electrons. The number of anilines is 1. The molecule has 0 radical (unpaired) electrons. The smallest absolute Gasteiger partial charge is 0.264 e. The summed E-state index contributed by atoms with van der Waals surface area (Å²) in [5.74, 6) is -1.35. The third-order valence-corrected chi connectivity index (χ3v) is 5.81. The van der Waals surface area contributed by atoms with Crippen LogP contribution in [0.3, 0.4) is 0 Å². The molecule has 0 saturated carbocycles. The van der Waals surface area contributed by atoms with Crippen LogP contribution in [-0.2, 0) is 16.0 Å². The molecule has 8 heteroatoms. The molecule has 28 heavy (non-hydrogen) atoms. The van der Waals surface area contributed by atoms with E-state index in [1.54, 1.807) is 12.1 Å². The number of hydrogen-bond acceptors (Lipinski definition) is 4. The summed E-state index contributed by atoms with van der Waals surface area (Å²) in [6.45, 7) is 0. The van der Waals surface area contributed by atoms with Crippen LogP contribution in [0.15, 0.2) is 59.1 Å². The van der Waals surface area contributed by atoms with Crippen LogP contribution in [0.4, 0.5) is 10.1 Å². The molecule has 2 amide bonds. The van der Waals surface area contributed by atoms with E-state index in [0.717, 1.165) is 17.3 Å². The number of likely N-dealkylation sites (N-methyl/N-ethyl adjacent to an activating group) is 1. The lowest BCUT2D eigenvalue weighted by Crippen LogP contribution is -2.31. The van der Waals surface area contributed by atoms with Crippen molar-refractivity contribution in [3.05, 3.63) is 75.5 Å². The average molecular weight is 416 g/mol. The van der Waals surface area contributed by atoms with E-state index < -0.39 is 17.0 Å². The van der Waals surface area contributed by atoms with Gasteiger partial charge in [0.2, 0.25) is 5.91 Å². The molecular formula is C20H15ClFN3O2S. The first kappa shape index (κ1) is 19.9. The van der Waals surface area contributed by atoms with Crippen LogP contribution in [0.5, 0.6) is 0 Å². The molecule has 1 atom stereocenters. The summed E-state index contributed by atoms with van der Waals surface area (Å²) in [5.41, 5.74) is 0.993. The number of amides is 2. The predicted octanol–water partition coefficient (Wildman–Crippen LogP) is 3.65.